The quantitative estimate of drug-likeness (QED) is 0.474. The van der Waals surface area contributed by atoms with Crippen molar-refractivity contribution in [3.63, 3.8) is 0 Å². The number of halogens is 3. The number of carbonyl (C=O) groups is 1. The molecule has 0 aliphatic rings. The topological polar surface area (TPSA) is 67.8 Å². The number of alkyl halides is 3. The summed E-state index contributed by atoms with van der Waals surface area (Å²) in [7, 11) is 0. The number of aromatic nitrogens is 3. The van der Waals surface area contributed by atoms with E-state index in [9.17, 15) is 18.0 Å². The number of hydrogen-bond donors (Lipinski definition) is 1. The second-order valence-electron chi connectivity index (χ2n) is 7.44. The zero-order valence-corrected chi connectivity index (χ0v) is 17.4. The van der Waals surface area contributed by atoms with Gasteiger partial charge in [0.25, 0.3) is 5.91 Å². The molecule has 0 atom stereocenters. The number of aryl methyl sites for hydroxylation is 2. The van der Waals surface area contributed by atoms with Crippen LogP contribution in [0, 0.1) is 13.8 Å². The van der Waals surface area contributed by atoms with Gasteiger partial charge in [-0.3, -0.25) is 9.78 Å². The van der Waals surface area contributed by atoms with E-state index in [2.05, 4.69) is 20.3 Å². The molecule has 0 saturated carbocycles. The highest BCUT2D eigenvalue weighted by Crippen LogP contribution is 2.27. The predicted molar refractivity (Wildman–Crippen MR) is 115 cm³/mol. The van der Waals surface area contributed by atoms with E-state index in [4.69, 9.17) is 0 Å². The van der Waals surface area contributed by atoms with Crippen LogP contribution < -0.4 is 5.32 Å². The first-order valence-electron chi connectivity index (χ1n) is 9.87. The van der Waals surface area contributed by atoms with E-state index in [1.54, 1.807) is 18.2 Å². The fourth-order valence-corrected chi connectivity index (χ4v) is 3.22. The molecule has 1 amide bonds. The summed E-state index contributed by atoms with van der Waals surface area (Å²) in [5, 5.41) is 3.30. The number of amides is 1. The van der Waals surface area contributed by atoms with Crippen molar-refractivity contribution in [2.24, 2.45) is 0 Å². The Kier molecular flexibility index (Phi) is 5.61. The van der Waals surface area contributed by atoms with Crippen molar-refractivity contribution in [2.75, 3.05) is 0 Å². The number of hydrogen-bond acceptors (Lipinski definition) is 4. The van der Waals surface area contributed by atoms with Gasteiger partial charge in [-0.15, -0.1) is 0 Å². The molecule has 0 aliphatic carbocycles. The van der Waals surface area contributed by atoms with Crippen LogP contribution in [-0.4, -0.2) is 20.9 Å². The van der Waals surface area contributed by atoms with Gasteiger partial charge in [0.05, 0.1) is 5.52 Å². The maximum Gasteiger partial charge on any atom is 0.433 e. The fraction of sp³-hybridized carbons (Fsp3) is 0.167. The normalized spacial score (nSPS) is 11.5. The average Bonchev–Trinajstić information content (AvgIpc) is 2.78. The van der Waals surface area contributed by atoms with E-state index in [-0.39, 0.29) is 12.2 Å². The molecule has 8 heteroatoms. The maximum atomic E-state index is 13.0. The molecular weight excluding hydrogens is 417 g/mol. The summed E-state index contributed by atoms with van der Waals surface area (Å²) in [4.78, 5) is 25.5. The van der Waals surface area contributed by atoms with Gasteiger partial charge in [-0.25, -0.2) is 9.97 Å². The van der Waals surface area contributed by atoms with Crippen molar-refractivity contribution in [2.45, 2.75) is 26.6 Å². The number of carbonyl (C=O) groups excluding carboxylic acids is 1. The van der Waals surface area contributed by atoms with Crippen molar-refractivity contribution in [3.05, 3.63) is 88.9 Å². The van der Waals surface area contributed by atoms with E-state index >= 15 is 0 Å². The second-order valence-corrected chi connectivity index (χ2v) is 7.44. The average molecular weight is 436 g/mol. The number of fused-ring (bicyclic) bond motifs is 1. The van der Waals surface area contributed by atoms with Crippen LogP contribution in [0.4, 0.5) is 13.2 Å². The SMILES string of the molecule is Cc1ccc(-c2nc(C(=O)NCc3ccc(C(F)(F)F)nc3)c3ccccc3n2)cc1C. The molecule has 162 valence electrons. The van der Waals surface area contributed by atoms with Gasteiger partial charge in [0.1, 0.15) is 11.4 Å². The number of benzene rings is 2. The first-order valence-corrected chi connectivity index (χ1v) is 9.87. The minimum atomic E-state index is -4.51. The summed E-state index contributed by atoms with van der Waals surface area (Å²) in [6, 6.07) is 15.2. The smallest absolute Gasteiger partial charge is 0.347 e. The predicted octanol–water partition coefficient (Wildman–Crippen LogP) is 5.26. The maximum absolute atomic E-state index is 13.0. The summed E-state index contributed by atoms with van der Waals surface area (Å²) >= 11 is 0. The Hall–Kier alpha value is -3.81. The molecule has 0 spiro atoms. The van der Waals surface area contributed by atoms with Crippen LogP contribution in [0.25, 0.3) is 22.3 Å². The van der Waals surface area contributed by atoms with E-state index in [1.165, 1.54) is 6.07 Å². The lowest BCUT2D eigenvalue weighted by molar-refractivity contribution is -0.141. The molecule has 5 nitrogen and oxygen atoms in total. The molecule has 32 heavy (non-hydrogen) atoms. The lowest BCUT2D eigenvalue weighted by Gasteiger charge is -2.11. The molecule has 0 bridgehead atoms. The molecule has 0 fully saturated rings. The summed E-state index contributed by atoms with van der Waals surface area (Å²) in [6.07, 6.45) is -3.41. The van der Waals surface area contributed by atoms with Crippen LogP contribution >= 0.6 is 0 Å². The number of nitrogens with one attached hydrogen (secondary N) is 1. The van der Waals surface area contributed by atoms with Gasteiger partial charge in [-0.05, 0) is 48.7 Å². The summed E-state index contributed by atoms with van der Waals surface area (Å²) in [5.41, 5.74) is 3.30. The monoisotopic (exact) mass is 436 g/mol. The van der Waals surface area contributed by atoms with Gasteiger partial charge in [0.15, 0.2) is 5.82 Å². The number of rotatable bonds is 4. The Morgan fingerprint density at radius 1 is 0.969 bits per heavy atom. The van der Waals surface area contributed by atoms with Crippen LogP contribution in [0.1, 0.15) is 32.9 Å². The van der Waals surface area contributed by atoms with Crippen molar-refractivity contribution < 1.29 is 18.0 Å². The van der Waals surface area contributed by atoms with E-state index in [1.807, 2.05) is 38.1 Å². The van der Waals surface area contributed by atoms with Crippen molar-refractivity contribution in [3.8, 4) is 11.4 Å². The third-order valence-electron chi connectivity index (χ3n) is 5.15. The van der Waals surface area contributed by atoms with Gasteiger partial charge in [0, 0.05) is 23.7 Å². The lowest BCUT2D eigenvalue weighted by Crippen LogP contribution is -2.24. The van der Waals surface area contributed by atoms with Gasteiger partial charge >= 0.3 is 6.18 Å². The molecule has 4 rings (SSSR count). The van der Waals surface area contributed by atoms with Crippen LogP contribution in [0.15, 0.2) is 60.8 Å². The van der Waals surface area contributed by atoms with Gasteiger partial charge < -0.3 is 5.32 Å². The van der Waals surface area contributed by atoms with Crippen molar-refractivity contribution in [1.29, 1.82) is 0 Å². The fourth-order valence-electron chi connectivity index (χ4n) is 3.22. The van der Waals surface area contributed by atoms with Gasteiger partial charge in [-0.2, -0.15) is 13.2 Å². The Morgan fingerprint density at radius 2 is 1.75 bits per heavy atom. The van der Waals surface area contributed by atoms with Crippen LogP contribution in [0.3, 0.4) is 0 Å². The highest BCUT2D eigenvalue weighted by molar-refractivity contribution is 6.04. The van der Waals surface area contributed by atoms with Crippen LogP contribution in [0.2, 0.25) is 0 Å². The minimum absolute atomic E-state index is 0.0152. The first-order chi connectivity index (χ1) is 15.2. The molecule has 2 heterocycles. The van der Waals surface area contributed by atoms with Crippen LogP contribution in [0.5, 0.6) is 0 Å². The summed E-state index contributed by atoms with van der Waals surface area (Å²) in [5.74, 6) is -0.0262. The first kappa shape index (κ1) is 21.4. The Bertz CT molecular complexity index is 1300. The molecule has 0 unspecified atom stereocenters. The van der Waals surface area contributed by atoms with E-state index in [0.717, 1.165) is 29.0 Å². The van der Waals surface area contributed by atoms with Crippen molar-refractivity contribution >= 4 is 16.8 Å². The molecule has 1 N–H and O–H groups in total. The van der Waals surface area contributed by atoms with Crippen LogP contribution in [-0.2, 0) is 12.7 Å². The Balaban J connectivity index is 1.63. The molecule has 0 radical (unpaired) electrons. The summed E-state index contributed by atoms with van der Waals surface area (Å²) in [6.45, 7) is 4.02. The Labute approximate surface area is 182 Å². The standard InChI is InChI=1S/C24H19F3N4O/c1-14-7-9-17(11-15(14)2)22-30-19-6-4-3-5-18(19)21(31-22)23(32)29-13-16-8-10-20(28-12-16)24(25,26)27/h3-12H,13H2,1-2H3,(H,29,32). The number of pyridine rings is 1. The molecule has 2 aromatic heterocycles. The molecule has 2 aromatic carbocycles. The third-order valence-corrected chi connectivity index (χ3v) is 5.15. The Morgan fingerprint density at radius 3 is 2.44 bits per heavy atom. The number of nitrogens with zero attached hydrogens (tertiary/aromatic N) is 3. The van der Waals surface area contributed by atoms with E-state index in [0.29, 0.717) is 22.3 Å². The van der Waals surface area contributed by atoms with Gasteiger partial charge in [-0.1, -0.05) is 36.4 Å². The highest BCUT2D eigenvalue weighted by Gasteiger charge is 2.32. The highest BCUT2D eigenvalue weighted by atomic mass is 19.4. The minimum Gasteiger partial charge on any atom is -0.347 e. The van der Waals surface area contributed by atoms with Gasteiger partial charge in [0.2, 0.25) is 0 Å². The van der Waals surface area contributed by atoms with E-state index < -0.39 is 17.8 Å². The molecular formula is C24H19F3N4O. The third kappa shape index (κ3) is 4.44. The largest absolute Gasteiger partial charge is 0.433 e. The molecule has 4 aromatic rings. The van der Waals surface area contributed by atoms with Crippen molar-refractivity contribution in [1.82, 2.24) is 20.3 Å². The molecule has 0 aliphatic heterocycles. The lowest BCUT2D eigenvalue weighted by atomic mass is 10.1. The zero-order valence-electron chi connectivity index (χ0n) is 17.4. The molecule has 0 saturated heterocycles. The summed E-state index contributed by atoms with van der Waals surface area (Å²) < 4.78 is 38.0. The number of para-hydroxylation sites is 1. The zero-order chi connectivity index (χ0) is 22.9. The second kappa shape index (κ2) is 8.37.